The lowest BCUT2D eigenvalue weighted by Crippen LogP contribution is -2.36. The molecule has 3 rings (SSSR count). The molecule has 1 aliphatic carbocycles. The van der Waals surface area contributed by atoms with E-state index < -0.39 is 0 Å². The highest BCUT2D eigenvalue weighted by Crippen LogP contribution is 2.34. The number of rotatable bonds is 4. The van der Waals surface area contributed by atoms with E-state index >= 15 is 0 Å². The molecule has 1 atom stereocenters. The first-order valence-corrected chi connectivity index (χ1v) is 10.00. The predicted octanol–water partition coefficient (Wildman–Crippen LogP) is 3.28. The average Bonchev–Trinajstić information content (AvgIpc) is 2.98. The van der Waals surface area contributed by atoms with E-state index in [-0.39, 0.29) is 17.8 Å². The molecule has 0 spiro atoms. The maximum absolute atomic E-state index is 12.6. The van der Waals surface area contributed by atoms with Crippen LogP contribution in [0.5, 0.6) is 0 Å². The van der Waals surface area contributed by atoms with Crippen LogP contribution in [-0.4, -0.2) is 41.5 Å². The molecule has 1 aromatic heterocycles. The van der Waals surface area contributed by atoms with E-state index in [1.54, 1.807) is 6.08 Å². The van der Waals surface area contributed by atoms with E-state index in [9.17, 15) is 9.59 Å². The number of hydrogen-bond acceptors (Lipinski definition) is 3. The van der Waals surface area contributed by atoms with Gasteiger partial charge in [-0.05, 0) is 69.1 Å². The fourth-order valence-electron chi connectivity index (χ4n) is 4.17. The van der Waals surface area contributed by atoms with Crippen molar-refractivity contribution in [3.8, 4) is 0 Å². The largest absolute Gasteiger partial charge is 0.465 e. The first-order chi connectivity index (χ1) is 12.7. The van der Waals surface area contributed by atoms with Gasteiger partial charge < -0.3 is 14.6 Å². The molecule has 26 heavy (non-hydrogen) atoms. The van der Waals surface area contributed by atoms with Crippen LogP contribution in [0, 0.1) is 0 Å². The van der Waals surface area contributed by atoms with Gasteiger partial charge in [0.1, 0.15) is 0 Å². The second-order valence-corrected chi connectivity index (χ2v) is 7.16. The number of carbonyl (C=O) groups is 2. The number of nitrogens with one attached hydrogen (secondary N) is 1. The van der Waals surface area contributed by atoms with E-state index in [4.69, 9.17) is 4.74 Å². The number of hydrogen-bond donors (Lipinski definition) is 1. The highest BCUT2D eigenvalue weighted by atomic mass is 16.5. The molecule has 2 aliphatic rings. The smallest absolute Gasteiger partial charge is 0.315 e. The van der Waals surface area contributed by atoms with E-state index in [0.717, 1.165) is 31.4 Å². The number of carbonyl (C=O) groups excluding carboxylic acids is 2. The number of ether oxygens (including phenoxy) is 1. The predicted molar refractivity (Wildman–Crippen MR) is 101 cm³/mol. The van der Waals surface area contributed by atoms with Gasteiger partial charge >= 0.3 is 5.97 Å². The minimum absolute atomic E-state index is 0.0438. The molecule has 1 amide bonds. The number of fused-ring (bicyclic) bond motifs is 3. The number of aromatic amines is 1. The van der Waals surface area contributed by atoms with Crippen molar-refractivity contribution in [1.82, 2.24) is 9.88 Å². The van der Waals surface area contributed by atoms with Crippen molar-refractivity contribution in [3.63, 3.8) is 0 Å². The van der Waals surface area contributed by atoms with Crippen LogP contribution in [0.3, 0.4) is 0 Å². The lowest BCUT2D eigenvalue weighted by molar-refractivity contribution is -0.145. The van der Waals surface area contributed by atoms with Gasteiger partial charge in [-0.15, -0.1) is 0 Å². The first kappa shape index (κ1) is 18.7. The van der Waals surface area contributed by atoms with Gasteiger partial charge in [0.25, 0.3) is 0 Å². The maximum Gasteiger partial charge on any atom is 0.315 e. The molecule has 1 aliphatic heterocycles. The Hall–Kier alpha value is -2.04. The average molecular weight is 358 g/mol. The van der Waals surface area contributed by atoms with Crippen LogP contribution in [-0.2, 0) is 33.6 Å². The number of amides is 1. The number of nitrogens with zero attached hydrogens (tertiary/aromatic N) is 1. The summed E-state index contributed by atoms with van der Waals surface area (Å²) in [6, 6.07) is 0. The Bertz CT molecular complexity index is 690. The third-order valence-corrected chi connectivity index (χ3v) is 5.49. The van der Waals surface area contributed by atoms with Gasteiger partial charge in [-0.1, -0.05) is 13.0 Å². The number of allylic oxidation sites excluding steroid dienone is 1. The molecular formula is C21H30N2O3. The van der Waals surface area contributed by atoms with E-state index in [1.165, 1.54) is 29.7 Å². The Balaban J connectivity index is 1.91. The van der Waals surface area contributed by atoms with Gasteiger partial charge in [0.2, 0.25) is 5.91 Å². The Kier molecular flexibility index (Phi) is 6.17. The molecule has 1 N–H and O–H groups in total. The summed E-state index contributed by atoms with van der Waals surface area (Å²) in [5.41, 5.74) is 4.99. The van der Waals surface area contributed by atoms with Gasteiger partial charge in [0.15, 0.2) is 0 Å². The molecule has 5 heteroatoms. The number of H-pyrrole nitrogens is 1. The van der Waals surface area contributed by atoms with Crippen molar-refractivity contribution >= 4 is 11.9 Å². The van der Waals surface area contributed by atoms with Crippen LogP contribution in [0.15, 0.2) is 12.2 Å². The summed E-state index contributed by atoms with van der Waals surface area (Å²) in [6.07, 6.45) is 10.3. The second-order valence-electron chi connectivity index (χ2n) is 7.16. The normalized spacial score (nSPS) is 20.2. The van der Waals surface area contributed by atoms with Crippen LogP contribution < -0.4 is 0 Å². The number of aromatic nitrogens is 1. The molecule has 5 nitrogen and oxygen atoms in total. The van der Waals surface area contributed by atoms with E-state index in [0.29, 0.717) is 26.1 Å². The number of esters is 1. The molecule has 0 bridgehead atoms. The SMILES string of the molecule is CC/C=C/C(=O)N1CCc2c([nH]c3c2CCCC3)C(C(=O)OCC)CC1. The van der Waals surface area contributed by atoms with Gasteiger partial charge in [0.05, 0.1) is 12.5 Å². The van der Waals surface area contributed by atoms with Crippen molar-refractivity contribution in [2.24, 2.45) is 0 Å². The Morgan fingerprint density at radius 1 is 1.15 bits per heavy atom. The molecule has 2 heterocycles. The molecule has 142 valence electrons. The first-order valence-electron chi connectivity index (χ1n) is 10.00. The standard InChI is InChI=1S/C21H30N2O3/c1-3-5-10-19(24)23-13-11-16-15-8-6-7-9-18(15)22-20(16)17(12-14-23)21(25)26-4-2/h5,10,17,22H,3-4,6-9,11-14H2,1-2H3/b10-5+. The van der Waals surface area contributed by atoms with Gasteiger partial charge in [-0.2, -0.15) is 0 Å². The summed E-state index contributed by atoms with van der Waals surface area (Å²) in [6.45, 7) is 5.53. The van der Waals surface area contributed by atoms with E-state index in [1.807, 2.05) is 24.8 Å². The molecule has 1 unspecified atom stereocenters. The van der Waals surface area contributed by atoms with Crippen LogP contribution in [0.2, 0.25) is 0 Å². The lowest BCUT2D eigenvalue weighted by atomic mass is 9.89. The van der Waals surface area contributed by atoms with Crippen LogP contribution >= 0.6 is 0 Å². The summed E-state index contributed by atoms with van der Waals surface area (Å²) in [5, 5.41) is 0. The molecule has 1 aromatic rings. The third kappa shape index (κ3) is 3.87. The Morgan fingerprint density at radius 2 is 1.96 bits per heavy atom. The molecule has 0 aromatic carbocycles. The van der Waals surface area contributed by atoms with Crippen LogP contribution in [0.25, 0.3) is 0 Å². The molecule has 0 fully saturated rings. The Labute approximate surface area is 155 Å². The molecule has 0 radical (unpaired) electrons. The van der Waals surface area contributed by atoms with Gasteiger partial charge in [-0.25, -0.2) is 0 Å². The second kappa shape index (κ2) is 8.56. The highest BCUT2D eigenvalue weighted by molar-refractivity contribution is 5.87. The fourth-order valence-corrected chi connectivity index (χ4v) is 4.17. The Morgan fingerprint density at radius 3 is 2.73 bits per heavy atom. The van der Waals surface area contributed by atoms with Crippen LogP contribution in [0.1, 0.15) is 68.0 Å². The minimum atomic E-state index is -0.304. The van der Waals surface area contributed by atoms with E-state index in [2.05, 4.69) is 4.98 Å². The number of aryl methyl sites for hydroxylation is 1. The van der Waals surface area contributed by atoms with Crippen molar-refractivity contribution < 1.29 is 14.3 Å². The molecule has 0 saturated heterocycles. The van der Waals surface area contributed by atoms with Crippen molar-refractivity contribution in [1.29, 1.82) is 0 Å². The van der Waals surface area contributed by atoms with Crippen LogP contribution in [0.4, 0.5) is 0 Å². The van der Waals surface area contributed by atoms with Crippen molar-refractivity contribution in [3.05, 3.63) is 34.7 Å². The summed E-state index contributed by atoms with van der Waals surface area (Å²) in [5.74, 6) is -0.436. The molecular weight excluding hydrogens is 328 g/mol. The maximum atomic E-state index is 12.6. The third-order valence-electron chi connectivity index (χ3n) is 5.49. The van der Waals surface area contributed by atoms with Crippen molar-refractivity contribution in [2.45, 2.75) is 64.7 Å². The molecule has 0 saturated carbocycles. The summed E-state index contributed by atoms with van der Waals surface area (Å²) >= 11 is 0. The minimum Gasteiger partial charge on any atom is -0.465 e. The zero-order valence-electron chi connectivity index (χ0n) is 16.0. The summed E-state index contributed by atoms with van der Waals surface area (Å²) in [7, 11) is 0. The topological polar surface area (TPSA) is 62.4 Å². The summed E-state index contributed by atoms with van der Waals surface area (Å²) in [4.78, 5) is 30.6. The quantitative estimate of drug-likeness (QED) is 0.664. The zero-order valence-corrected chi connectivity index (χ0v) is 16.0. The zero-order chi connectivity index (χ0) is 18.5. The lowest BCUT2D eigenvalue weighted by Gasteiger charge is -2.27. The fraction of sp³-hybridized carbons (Fsp3) is 0.619. The monoisotopic (exact) mass is 358 g/mol. The van der Waals surface area contributed by atoms with Gasteiger partial charge in [0, 0.05) is 24.5 Å². The highest BCUT2D eigenvalue weighted by Gasteiger charge is 2.32. The summed E-state index contributed by atoms with van der Waals surface area (Å²) < 4.78 is 5.35. The van der Waals surface area contributed by atoms with Crippen molar-refractivity contribution in [2.75, 3.05) is 19.7 Å². The van der Waals surface area contributed by atoms with Gasteiger partial charge in [-0.3, -0.25) is 9.59 Å².